The molecule has 1 unspecified atom stereocenters. The minimum Gasteiger partial charge on any atom is -0.465 e. The Morgan fingerprint density at radius 3 is 2.64 bits per heavy atom. The number of fused-ring (bicyclic) bond motifs is 3. The van der Waals surface area contributed by atoms with E-state index >= 15 is 0 Å². The van der Waals surface area contributed by atoms with Crippen LogP contribution < -0.4 is 15.1 Å². The van der Waals surface area contributed by atoms with Gasteiger partial charge in [0.1, 0.15) is 0 Å². The summed E-state index contributed by atoms with van der Waals surface area (Å²) in [7, 11) is 1.32. The lowest BCUT2D eigenvalue weighted by Crippen LogP contribution is -2.60. The number of aromatic amines is 1. The van der Waals surface area contributed by atoms with E-state index in [-0.39, 0.29) is 17.9 Å². The van der Waals surface area contributed by atoms with Gasteiger partial charge in [-0.15, -0.1) is 6.58 Å². The Balaban J connectivity index is 1.98. The molecule has 1 N–H and O–H groups in total. The number of ether oxygens (including phenoxy) is 1. The van der Waals surface area contributed by atoms with Crippen LogP contribution in [0.2, 0.25) is 0 Å². The van der Waals surface area contributed by atoms with E-state index in [4.69, 9.17) is 9.84 Å². The highest BCUT2D eigenvalue weighted by Crippen LogP contribution is 2.37. The number of methoxy groups -OCH3 is 1. The first kappa shape index (κ1) is 22.5. The number of carbonyl (C=O) groups is 2. The Hall–Kier alpha value is -3.72. The van der Waals surface area contributed by atoms with Crippen LogP contribution in [0.4, 0.5) is 5.69 Å². The molecule has 1 aromatic heterocycles. The zero-order chi connectivity index (χ0) is 23.5. The minimum atomic E-state index is -0.709. The predicted molar refractivity (Wildman–Crippen MR) is 125 cm³/mol. The fraction of sp³-hybridized carbons (Fsp3) is 0.208. The van der Waals surface area contributed by atoms with Gasteiger partial charge in [0, 0.05) is 22.8 Å². The fourth-order valence-electron chi connectivity index (χ4n) is 3.82. The number of amides is 1. The van der Waals surface area contributed by atoms with Crippen LogP contribution in [-0.2, 0) is 9.53 Å². The first-order chi connectivity index (χ1) is 16.0. The molecule has 0 spiro atoms. The summed E-state index contributed by atoms with van der Waals surface area (Å²) >= 11 is 1.34. The van der Waals surface area contributed by atoms with E-state index in [0.717, 1.165) is 0 Å². The largest absolute Gasteiger partial charge is 0.465 e. The van der Waals surface area contributed by atoms with E-state index in [2.05, 4.69) is 11.6 Å². The van der Waals surface area contributed by atoms with E-state index < -0.39 is 12.1 Å². The van der Waals surface area contributed by atoms with Gasteiger partial charge in [-0.1, -0.05) is 36.9 Å². The number of carbonyl (C=O) groups excluding carboxylic acids is 2. The number of thioether (sulfide) groups is 1. The van der Waals surface area contributed by atoms with Crippen molar-refractivity contribution in [2.45, 2.75) is 24.7 Å². The van der Waals surface area contributed by atoms with E-state index in [9.17, 15) is 14.4 Å². The van der Waals surface area contributed by atoms with E-state index in [1.165, 1.54) is 18.9 Å². The maximum absolute atomic E-state index is 13.2. The van der Waals surface area contributed by atoms with Crippen LogP contribution in [0.15, 0.2) is 71.1 Å². The van der Waals surface area contributed by atoms with Crippen LogP contribution in [0.3, 0.4) is 0 Å². The van der Waals surface area contributed by atoms with Crippen molar-refractivity contribution in [3.63, 3.8) is 0 Å². The molecule has 9 heteroatoms. The van der Waals surface area contributed by atoms with Crippen molar-refractivity contribution in [1.82, 2.24) is 10.1 Å². The molecule has 0 bridgehead atoms. The second kappa shape index (κ2) is 9.41. The van der Waals surface area contributed by atoms with Crippen molar-refractivity contribution in [2.75, 3.05) is 17.8 Å². The van der Waals surface area contributed by atoms with Crippen molar-refractivity contribution in [3.05, 3.63) is 82.7 Å². The van der Waals surface area contributed by atoms with Gasteiger partial charge in [0.25, 0.3) is 6.17 Å². The van der Waals surface area contributed by atoms with Gasteiger partial charge in [0.15, 0.2) is 0 Å². The van der Waals surface area contributed by atoms with Crippen molar-refractivity contribution in [3.8, 4) is 11.3 Å². The maximum Gasteiger partial charge on any atom is 0.337 e. The van der Waals surface area contributed by atoms with Crippen molar-refractivity contribution in [1.29, 1.82) is 0 Å². The number of H-pyrrole nitrogens is 1. The Morgan fingerprint density at radius 1 is 1.24 bits per heavy atom. The van der Waals surface area contributed by atoms with Gasteiger partial charge < -0.3 is 4.74 Å². The van der Waals surface area contributed by atoms with Gasteiger partial charge in [0.2, 0.25) is 11.1 Å². The van der Waals surface area contributed by atoms with Crippen LogP contribution >= 0.6 is 11.8 Å². The van der Waals surface area contributed by atoms with Gasteiger partial charge in [-0.05, 0) is 41.1 Å². The number of para-hydroxylation sites is 1. The lowest BCUT2D eigenvalue weighted by Gasteiger charge is -2.32. The van der Waals surface area contributed by atoms with Crippen molar-refractivity contribution in [2.24, 2.45) is 0 Å². The lowest BCUT2D eigenvalue weighted by molar-refractivity contribution is -0.763. The van der Waals surface area contributed by atoms with E-state index in [1.54, 1.807) is 52.9 Å². The van der Waals surface area contributed by atoms with Gasteiger partial charge in [0.05, 0.1) is 23.9 Å². The van der Waals surface area contributed by atoms with Crippen LogP contribution in [-0.4, -0.2) is 34.8 Å². The van der Waals surface area contributed by atoms with E-state index in [0.29, 0.717) is 39.0 Å². The highest BCUT2D eigenvalue weighted by molar-refractivity contribution is 7.99. The summed E-state index contributed by atoms with van der Waals surface area (Å²) in [4.78, 5) is 42.8. The second-order valence-corrected chi connectivity index (χ2v) is 8.28. The lowest BCUT2D eigenvalue weighted by atomic mass is 10.0. The van der Waals surface area contributed by atoms with Gasteiger partial charge >= 0.3 is 17.2 Å². The molecule has 2 aromatic carbocycles. The minimum absolute atomic E-state index is 0.120. The Bertz CT molecular complexity index is 1290. The SMILES string of the molecule is C=CCSc1n[n+]2c(c(=O)[nH]1)-c1ccccc1N(C(=O)CC)C2c1ccc(C(=O)OC)cc1. The first-order valence-corrected chi connectivity index (χ1v) is 11.4. The molecule has 1 aliphatic heterocycles. The number of nitrogens with one attached hydrogen (secondary N) is 1. The molecular weight excluding hydrogens is 440 g/mol. The third-order valence-corrected chi connectivity index (χ3v) is 6.16. The summed E-state index contributed by atoms with van der Waals surface area (Å²) in [5, 5.41) is 5.12. The quantitative estimate of drug-likeness (QED) is 0.261. The number of hydrogen-bond donors (Lipinski definition) is 1. The number of esters is 1. The second-order valence-electron chi connectivity index (χ2n) is 7.27. The Labute approximate surface area is 194 Å². The third kappa shape index (κ3) is 4.07. The molecule has 4 rings (SSSR count). The molecule has 1 amide bonds. The molecule has 1 atom stereocenters. The molecule has 3 aromatic rings. The summed E-state index contributed by atoms with van der Waals surface area (Å²) in [5.41, 5.74) is 2.39. The first-order valence-electron chi connectivity index (χ1n) is 10.4. The fourth-order valence-corrected chi connectivity index (χ4v) is 4.41. The summed E-state index contributed by atoms with van der Waals surface area (Å²) in [6.07, 6.45) is 1.28. The molecule has 0 fully saturated rings. The smallest absolute Gasteiger partial charge is 0.337 e. The Kier molecular flexibility index (Phi) is 6.41. The molecule has 0 radical (unpaired) electrons. The summed E-state index contributed by atoms with van der Waals surface area (Å²) in [6.45, 7) is 5.51. The normalized spacial score (nSPS) is 14.2. The summed E-state index contributed by atoms with van der Waals surface area (Å²) in [6, 6.07) is 14.0. The highest BCUT2D eigenvalue weighted by atomic mass is 32.2. The number of rotatable bonds is 6. The molecule has 0 saturated heterocycles. The summed E-state index contributed by atoms with van der Waals surface area (Å²) < 4.78 is 6.38. The number of benzene rings is 2. The van der Waals surface area contributed by atoms with Crippen molar-refractivity contribution < 1.29 is 19.0 Å². The topological polar surface area (TPSA) is 96.2 Å². The van der Waals surface area contributed by atoms with Gasteiger partial charge in [-0.2, -0.15) is 0 Å². The highest BCUT2D eigenvalue weighted by Gasteiger charge is 2.45. The van der Waals surface area contributed by atoms with Crippen molar-refractivity contribution >= 4 is 29.3 Å². The average molecular weight is 464 g/mol. The molecule has 33 heavy (non-hydrogen) atoms. The molecule has 0 aliphatic carbocycles. The molecule has 168 valence electrons. The van der Waals surface area contributed by atoms with Crippen LogP contribution in [0.25, 0.3) is 11.3 Å². The van der Waals surface area contributed by atoms with Crippen LogP contribution in [0, 0.1) is 0 Å². The molecular formula is C24H23N4O4S+. The number of aromatic nitrogens is 3. The summed E-state index contributed by atoms with van der Waals surface area (Å²) in [5.74, 6) is -0.0117. The number of hydrogen-bond acceptors (Lipinski definition) is 6. The number of anilines is 1. The standard InChI is InChI=1S/C24H22N4O4S/c1-4-14-33-24-25-21(30)20-17-8-6-7-9-18(17)27(19(29)5-2)22(28(20)26-24)15-10-12-16(13-11-15)23(31)32-3/h4,6-13,22H,1,5,14H2,2-3H3/p+1. The average Bonchev–Trinajstić information content (AvgIpc) is 2.85. The molecule has 8 nitrogen and oxygen atoms in total. The maximum atomic E-state index is 13.2. The molecule has 2 heterocycles. The molecule has 0 saturated carbocycles. The van der Waals surface area contributed by atoms with Crippen LogP contribution in [0.1, 0.15) is 35.4 Å². The van der Waals surface area contributed by atoms with Crippen LogP contribution in [0.5, 0.6) is 0 Å². The zero-order valence-corrected chi connectivity index (χ0v) is 19.1. The Morgan fingerprint density at radius 2 is 1.97 bits per heavy atom. The zero-order valence-electron chi connectivity index (χ0n) is 18.3. The van der Waals surface area contributed by atoms with Gasteiger partial charge in [-0.25, -0.2) is 9.69 Å². The van der Waals surface area contributed by atoms with E-state index in [1.807, 2.05) is 18.2 Å². The van der Waals surface area contributed by atoms with Gasteiger partial charge in [-0.3, -0.25) is 14.6 Å². The monoisotopic (exact) mass is 463 g/mol. The number of nitrogens with zero attached hydrogens (tertiary/aromatic N) is 3. The predicted octanol–water partition coefficient (Wildman–Crippen LogP) is 3.09. The third-order valence-electron chi connectivity index (χ3n) is 5.30. The molecule has 1 aliphatic rings.